The van der Waals surface area contributed by atoms with Crippen LogP contribution in [-0.2, 0) is 20.5 Å². The lowest BCUT2D eigenvalue weighted by molar-refractivity contribution is -0.0171. The monoisotopic (exact) mass is 287 g/mol. The molecule has 1 fully saturated rings. The molecule has 1 aromatic carbocycles. The van der Waals surface area contributed by atoms with Crippen LogP contribution in [0.5, 0.6) is 0 Å². The van der Waals surface area contributed by atoms with E-state index in [9.17, 15) is 12.8 Å². The first-order chi connectivity index (χ1) is 8.88. The van der Waals surface area contributed by atoms with Gasteiger partial charge in [0.05, 0.1) is 18.5 Å². The summed E-state index contributed by atoms with van der Waals surface area (Å²) in [7, 11) is -3.40. The van der Waals surface area contributed by atoms with Crippen molar-refractivity contribution >= 4 is 10.0 Å². The summed E-state index contributed by atoms with van der Waals surface area (Å²) in [4.78, 5) is 0. The van der Waals surface area contributed by atoms with Gasteiger partial charge in [-0.05, 0) is 31.5 Å². The molecule has 1 aromatic rings. The Labute approximate surface area is 113 Å². The first kappa shape index (κ1) is 14.4. The van der Waals surface area contributed by atoms with Gasteiger partial charge in [-0.25, -0.2) is 12.8 Å². The Bertz CT molecular complexity index is 529. The molecule has 1 saturated heterocycles. The van der Waals surface area contributed by atoms with Crippen LogP contribution >= 0.6 is 0 Å². The standard InChI is InChI=1S/C13H18FNO3S/c1-10-8-18-11(2)7-15(10)19(16,17)9-12-3-5-13(14)6-4-12/h3-6,10-11H,7-9H2,1-2H3. The molecule has 0 aliphatic carbocycles. The molecule has 0 aromatic heterocycles. The maximum absolute atomic E-state index is 12.8. The molecule has 0 radical (unpaired) electrons. The van der Waals surface area contributed by atoms with Crippen LogP contribution in [0, 0.1) is 5.82 Å². The summed E-state index contributed by atoms with van der Waals surface area (Å²) >= 11 is 0. The Balaban J connectivity index is 2.15. The average Bonchev–Trinajstić information content (AvgIpc) is 2.35. The third kappa shape index (κ3) is 3.52. The Morgan fingerprint density at radius 1 is 1.32 bits per heavy atom. The number of nitrogens with zero attached hydrogens (tertiary/aromatic N) is 1. The molecule has 4 nitrogen and oxygen atoms in total. The second-order valence-corrected chi connectivity index (χ2v) is 6.87. The SMILES string of the molecule is CC1CN(S(=O)(=O)Cc2ccc(F)cc2)C(C)CO1. The Morgan fingerprint density at radius 3 is 2.58 bits per heavy atom. The molecule has 0 bridgehead atoms. The summed E-state index contributed by atoms with van der Waals surface area (Å²) in [6.45, 7) is 4.45. The van der Waals surface area contributed by atoms with Crippen molar-refractivity contribution in [3.8, 4) is 0 Å². The van der Waals surface area contributed by atoms with E-state index in [0.29, 0.717) is 18.7 Å². The van der Waals surface area contributed by atoms with Crippen molar-refractivity contribution in [3.63, 3.8) is 0 Å². The van der Waals surface area contributed by atoms with E-state index in [2.05, 4.69) is 0 Å². The minimum atomic E-state index is -3.40. The van der Waals surface area contributed by atoms with Gasteiger partial charge in [-0.1, -0.05) is 12.1 Å². The lowest BCUT2D eigenvalue weighted by Crippen LogP contribution is -2.50. The predicted molar refractivity (Wildman–Crippen MR) is 70.6 cm³/mol. The fourth-order valence-electron chi connectivity index (χ4n) is 2.13. The Morgan fingerprint density at radius 2 is 1.95 bits per heavy atom. The molecule has 0 N–H and O–H groups in total. The van der Waals surface area contributed by atoms with E-state index in [4.69, 9.17) is 4.74 Å². The van der Waals surface area contributed by atoms with Gasteiger partial charge in [-0.2, -0.15) is 4.31 Å². The number of ether oxygens (including phenoxy) is 1. The second kappa shape index (κ2) is 5.56. The molecule has 1 heterocycles. The van der Waals surface area contributed by atoms with Crippen LogP contribution in [0.15, 0.2) is 24.3 Å². The van der Waals surface area contributed by atoms with E-state index in [-0.39, 0.29) is 23.7 Å². The second-order valence-electron chi connectivity index (χ2n) is 4.95. The van der Waals surface area contributed by atoms with Crippen molar-refractivity contribution in [1.82, 2.24) is 4.31 Å². The number of hydrogen-bond acceptors (Lipinski definition) is 3. The zero-order valence-corrected chi connectivity index (χ0v) is 11.9. The fraction of sp³-hybridized carbons (Fsp3) is 0.538. The van der Waals surface area contributed by atoms with Gasteiger partial charge in [-0.3, -0.25) is 0 Å². The molecule has 0 spiro atoms. The maximum Gasteiger partial charge on any atom is 0.218 e. The summed E-state index contributed by atoms with van der Waals surface area (Å²) in [5.41, 5.74) is 0.591. The van der Waals surface area contributed by atoms with Gasteiger partial charge in [-0.15, -0.1) is 0 Å². The van der Waals surface area contributed by atoms with Gasteiger partial charge in [0.2, 0.25) is 10.0 Å². The first-order valence-electron chi connectivity index (χ1n) is 6.24. The molecular formula is C13H18FNO3S. The maximum atomic E-state index is 12.8. The van der Waals surface area contributed by atoms with Gasteiger partial charge in [0, 0.05) is 12.6 Å². The molecule has 19 heavy (non-hydrogen) atoms. The van der Waals surface area contributed by atoms with Crippen LogP contribution in [-0.4, -0.2) is 38.0 Å². The highest BCUT2D eigenvalue weighted by atomic mass is 32.2. The Hall–Kier alpha value is -0.980. The number of halogens is 1. The van der Waals surface area contributed by atoms with Gasteiger partial charge < -0.3 is 4.74 Å². The summed E-state index contributed by atoms with van der Waals surface area (Å²) in [5, 5.41) is 0. The summed E-state index contributed by atoms with van der Waals surface area (Å²) < 4.78 is 44.5. The normalized spacial score (nSPS) is 25.4. The predicted octanol–water partition coefficient (Wildman–Crippen LogP) is 1.76. The van der Waals surface area contributed by atoms with Gasteiger partial charge in [0.25, 0.3) is 0 Å². The number of benzene rings is 1. The Kier molecular flexibility index (Phi) is 4.23. The van der Waals surface area contributed by atoms with Crippen molar-refractivity contribution in [2.45, 2.75) is 31.7 Å². The van der Waals surface area contributed by atoms with Gasteiger partial charge in [0.15, 0.2) is 0 Å². The molecule has 0 amide bonds. The fourth-order valence-corrected chi connectivity index (χ4v) is 3.96. The van der Waals surface area contributed by atoms with E-state index in [1.165, 1.54) is 28.6 Å². The van der Waals surface area contributed by atoms with Crippen LogP contribution in [0.3, 0.4) is 0 Å². The number of sulfonamides is 1. The molecule has 0 saturated carbocycles. The highest BCUT2D eigenvalue weighted by molar-refractivity contribution is 7.88. The number of rotatable bonds is 3. The summed E-state index contributed by atoms with van der Waals surface area (Å²) in [6, 6.07) is 5.39. The van der Waals surface area contributed by atoms with E-state index < -0.39 is 10.0 Å². The molecule has 2 unspecified atom stereocenters. The molecule has 2 rings (SSSR count). The first-order valence-corrected chi connectivity index (χ1v) is 7.85. The molecule has 106 valence electrons. The number of hydrogen-bond donors (Lipinski definition) is 0. The molecule has 2 atom stereocenters. The van der Waals surface area contributed by atoms with Crippen LogP contribution in [0.4, 0.5) is 4.39 Å². The third-order valence-electron chi connectivity index (χ3n) is 3.17. The van der Waals surface area contributed by atoms with E-state index in [1.807, 2.05) is 13.8 Å². The third-order valence-corrected chi connectivity index (χ3v) is 5.09. The van der Waals surface area contributed by atoms with Gasteiger partial charge in [0.1, 0.15) is 5.82 Å². The quantitative estimate of drug-likeness (QED) is 0.851. The number of morpholine rings is 1. The average molecular weight is 287 g/mol. The van der Waals surface area contributed by atoms with Crippen molar-refractivity contribution < 1.29 is 17.5 Å². The van der Waals surface area contributed by atoms with Crippen molar-refractivity contribution in [2.75, 3.05) is 13.2 Å². The molecule has 1 aliphatic heterocycles. The van der Waals surface area contributed by atoms with E-state index in [0.717, 1.165) is 0 Å². The lowest BCUT2D eigenvalue weighted by Gasteiger charge is -2.35. The summed E-state index contributed by atoms with van der Waals surface area (Å²) in [6.07, 6.45) is -0.0980. The zero-order valence-electron chi connectivity index (χ0n) is 11.0. The molecular weight excluding hydrogens is 269 g/mol. The molecule has 6 heteroatoms. The van der Waals surface area contributed by atoms with Crippen LogP contribution < -0.4 is 0 Å². The topological polar surface area (TPSA) is 46.6 Å². The van der Waals surface area contributed by atoms with Crippen molar-refractivity contribution in [1.29, 1.82) is 0 Å². The zero-order chi connectivity index (χ0) is 14.0. The van der Waals surface area contributed by atoms with Crippen molar-refractivity contribution in [2.24, 2.45) is 0 Å². The molecule has 1 aliphatic rings. The minimum absolute atomic E-state index is 0.0980. The van der Waals surface area contributed by atoms with Crippen LogP contribution in [0.25, 0.3) is 0 Å². The minimum Gasteiger partial charge on any atom is -0.375 e. The highest BCUT2D eigenvalue weighted by Crippen LogP contribution is 2.19. The van der Waals surface area contributed by atoms with Crippen LogP contribution in [0.2, 0.25) is 0 Å². The largest absolute Gasteiger partial charge is 0.375 e. The van der Waals surface area contributed by atoms with E-state index in [1.54, 1.807) is 0 Å². The van der Waals surface area contributed by atoms with Gasteiger partial charge >= 0.3 is 0 Å². The smallest absolute Gasteiger partial charge is 0.218 e. The van der Waals surface area contributed by atoms with E-state index >= 15 is 0 Å². The lowest BCUT2D eigenvalue weighted by atomic mass is 10.2. The summed E-state index contributed by atoms with van der Waals surface area (Å²) in [5.74, 6) is -0.473. The van der Waals surface area contributed by atoms with Crippen molar-refractivity contribution in [3.05, 3.63) is 35.6 Å². The highest BCUT2D eigenvalue weighted by Gasteiger charge is 2.32. The van der Waals surface area contributed by atoms with Crippen LogP contribution in [0.1, 0.15) is 19.4 Å².